The van der Waals surface area contributed by atoms with E-state index in [-0.39, 0.29) is 0 Å². The number of carbonyl (C=O) groups is 1. The molecule has 0 bridgehead atoms. The number of benzene rings is 2. The van der Waals surface area contributed by atoms with Gasteiger partial charge in [-0.1, -0.05) is 41.4 Å². The van der Waals surface area contributed by atoms with Gasteiger partial charge in [0.05, 0.1) is 6.54 Å². The number of nitrogens with zero attached hydrogens (tertiary/aromatic N) is 1. The maximum Gasteiger partial charge on any atom is 0.248 e. The van der Waals surface area contributed by atoms with Crippen LogP contribution in [-0.4, -0.2) is 25.0 Å². The Hall–Kier alpha value is -2.24. The van der Waals surface area contributed by atoms with Crippen molar-refractivity contribution in [1.29, 1.82) is 0 Å². The predicted octanol–water partition coefficient (Wildman–Crippen LogP) is 3.78. The van der Waals surface area contributed by atoms with Gasteiger partial charge in [0.1, 0.15) is 0 Å². The maximum atomic E-state index is 11.1. The molecular weight excluding hydrogens is 383 g/mol. The van der Waals surface area contributed by atoms with E-state index in [9.17, 15) is 4.79 Å². The van der Waals surface area contributed by atoms with Crippen molar-refractivity contribution in [3.8, 4) is 0 Å². The van der Waals surface area contributed by atoms with E-state index in [1.165, 1.54) is 0 Å². The van der Waals surface area contributed by atoms with Crippen molar-refractivity contribution in [2.24, 2.45) is 10.7 Å². The van der Waals surface area contributed by atoms with Gasteiger partial charge in [-0.05, 0) is 55.2 Å². The highest BCUT2D eigenvalue weighted by molar-refractivity contribution is 6.35. The number of nitrogens with two attached hydrogens (primary N) is 1. The molecular formula is C20H24Cl2N4O. The summed E-state index contributed by atoms with van der Waals surface area (Å²) in [4.78, 5) is 15.7. The van der Waals surface area contributed by atoms with Gasteiger partial charge in [0, 0.05) is 28.7 Å². The van der Waals surface area contributed by atoms with Gasteiger partial charge >= 0.3 is 0 Å². The van der Waals surface area contributed by atoms with E-state index >= 15 is 0 Å². The van der Waals surface area contributed by atoms with E-state index in [4.69, 9.17) is 28.9 Å². The molecule has 0 aromatic heterocycles. The number of aryl methyl sites for hydroxylation is 1. The van der Waals surface area contributed by atoms with Crippen LogP contribution >= 0.6 is 23.2 Å². The summed E-state index contributed by atoms with van der Waals surface area (Å²) in [5.41, 5.74) is 7.83. The maximum absolute atomic E-state index is 11.1. The number of hydrogen-bond acceptors (Lipinski definition) is 2. The fraction of sp³-hybridized carbons (Fsp3) is 0.300. The van der Waals surface area contributed by atoms with Crippen molar-refractivity contribution in [2.75, 3.05) is 13.1 Å². The quantitative estimate of drug-likeness (QED) is 0.354. The molecule has 0 aliphatic carbocycles. The van der Waals surface area contributed by atoms with Crippen molar-refractivity contribution in [3.63, 3.8) is 0 Å². The number of aliphatic imine (C=N–C) groups is 1. The van der Waals surface area contributed by atoms with Crippen LogP contribution in [0.1, 0.15) is 34.8 Å². The van der Waals surface area contributed by atoms with Gasteiger partial charge in [-0.25, -0.2) is 4.99 Å². The number of carbonyl (C=O) groups excluding carboxylic acids is 1. The smallest absolute Gasteiger partial charge is 0.248 e. The van der Waals surface area contributed by atoms with E-state index in [1.807, 2.05) is 31.2 Å². The monoisotopic (exact) mass is 406 g/mol. The third kappa shape index (κ3) is 7.12. The summed E-state index contributed by atoms with van der Waals surface area (Å²) >= 11 is 12.1. The molecule has 0 saturated carbocycles. The Kier molecular flexibility index (Phi) is 8.43. The lowest BCUT2D eigenvalue weighted by Gasteiger charge is -2.12. The Morgan fingerprint density at radius 2 is 1.85 bits per heavy atom. The zero-order valence-corrected chi connectivity index (χ0v) is 16.8. The summed E-state index contributed by atoms with van der Waals surface area (Å²) in [7, 11) is 0. The lowest BCUT2D eigenvalue weighted by Crippen LogP contribution is -2.37. The lowest BCUT2D eigenvalue weighted by atomic mass is 10.1. The molecule has 0 heterocycles. The van der Waals surface area contributed by atoms with Crippen molar-refractivity contribution in [1.82, 2.24) is 10.6 Å². The first-order valence-electron chi connectivity index (χ1n) is 8.84. The third-order valence-electron chi connectivity index (χ3n) is 3.93. The summed E-state index contributed by atoms with van der Waals surface area (Å²) in [6.45, 7) is 4.07. The number of amides is 1. The van der Waals surface area contributed by atoms with Gasteiger partial charge in [-0.3, -0.25) is 4.79 Å². The fourth-order valence-corrected chi connectivity index (χ4v) is 3.00. The van der Waals surface area contributed by atoms with Gasteiger partial charge in [-0.2, -0.15) is 0 Å². The minimum absolute atomic E-state index is 0.430. The topological polar surface area (TPSA) is 79.5 Å². The molecule has 7 heteroatoms. The molecule has 0 atom stereocenters. The Morgan fingerprint density at radius 1 is 1.11 bits per heavy atom. The van der Waals surface area contributed by atoms with Crippen LogP contribution < -0.4 is 16.4 Å². The van der Waals surface area contributed by atoms with Crippen LogP contribution in [-0.2, 0) is 13.0 Å². The molecule has 0 unspecified atom stereocenters. The van der Waals surface area contributed by atoms with Crippen LogP contribution in [0.5, 0.6) is 0 Å². The van der Waals surface area contributed by atoms with Crippen LogP contribution in [0, 0.1) is 0 Å². The molecule has 4 N–H and O–H groups in total. The minimum atomic E-state index is -0.430. The van der Waals surface area contributed by atoms with E-state index in [0.29, 0.717) is 22.2 Å². The van der Waals surface area contributed by atoms with E-state index in [0.717, 1.165) is 43.0 Å². The Bertz CT molecular complexity index is 791. The first-order chi connectivity index (χ1) is 13.0. The zero-order valence-electron chi connectivity index (χ0n) is 15.3. The molecule has 1 amide bonds. The predicted molar refractivity (Wildman–Crippen MR) is 113 cm³/mol. The molecule has 144 valence electrons. The zero-order chi connectivity index (χ0) is 19.6. The summed E-state index contributed by atoms with van der Waals surface area (Å²) in [5.74, 6) is 0.319. The van der Waals surface area contributed by atoms with Crippen LogP contribution in [0.15, 0.2) is 47.5 Å². The lowest BCUT2D eigenvalue weighted by molar-refractivity contribution is 0.100. The molecule has 0 fully saturated rings. The average molecular weight is 407 g/mol. The number of nitrogens with one attached hydrogen (secondary N) is 2. The summed E-state index contributed by atoms with van der Waals surface area (Å²) < 4.78 is 0. The Morgan fingerprint density at radius 3 is 2.48 bits per heavy atom. The molecule has 0 saturated heterocycles. The number of rotatable bonds is 8. The van der Waals surface area contributed by atoms with Crippen LogP contribution in [0.2, 0.25) is 10.0 Å². The normalized spacial score (nSPS) is 11.3. The molecule has 0 aliphatic rings. The van der Waals surface area contributed by atoms with Crippen molar-refractivity contribution in [3.05, 3.63) is 69.2 Å². The van der Waals surface area contributed by atoms with Gasteiger partial charge in [0.2, 0.25) is 5.91 Å². The van der Waals surface area contributed by atoms with E-state index in [1.54, 1.807) is 18.2 Å². The average Bonchev–Trinajstić information content (AvgIpc) is 2.64. The fourth-order valence-electron chi connectivity index (χ4n) is 2.50. The Labute approximate surface area is 170 Å². The van der Waals surface area contributed by atoms with Crippen molar-refractivity contribution in [2.45, 2.75) is 26.3 Å². The van der Waals surface area contributed by atoms with Crippen LogP contribution in [0.4, 0.5) is 0 Å². The standard InChI is InChI=1S/C20H24Cl2N4O/c1-2-24-20(26-13-14-5-7-16(8-6-14)19(23)27)25-11-3-4-15-9-10-17(21)12-18(15)22/h5-10,12H,2-4,11,13H2,1H3,(H2,23,27)(H2,24,25,26). The van der Waals surface area contributed by atoms with Gasteiger partial charge < -0.3 is 16.4 Å². The third-order valence-corrected chi connectivity index (χ3v) is 4.52. The van der Waals surface area contributed by atoms with Gasteiger partial charge in [-0.15, -0.1) is 0 Å². The van der Waals surface area contributed by atoms with Crippen LogP contribution in [0.3, 0.4) is 0 Å². The highest BCUT2D eigenvalue weighted by Gasteiger charge is 2.03. The first kappa shape index (κ1) is 21.1. The van der Waals surface area contributed by atoms with Gasteiger partial charge in [0.15, 0.2) is 5.96 Å². The first-order valence-corrected chi connectivity index (χ1v) is 9.60. The number of guanidine groups is 1. The largest absolute Gasteiger partial charge is 0.366 e. The Balaban J connectivity index is 1.84. The molecule has 0 aliphatic heterocycles. The summed E-state index contributed by atoms with van der Waals surface area (Å²) in [6.07, 6.45) is 1.77. The second-order valence-electron chi connectivity index (χ2n) is 6.02. The molecule has 27 heavy (non-hydrogen) atoms. The number of halogens is 2. The van der Waals surface area contributed by atoms with Crippen molar-refractivity contribution >= 4 is 35.1 Å². The molecule has 2 aromatic rings. The summed E-state index contributed by atoms with van der Waals surface area (Å²) in [5, 5.41) is 7.88. The van der Waals surface area contributed by atoms with E-state index < -0.39 is 5.91 Å². The number of primary amides is 1. The second kappa shape index (κ2) is 10.8. The molecule has 2 rings (SSSR count). The SMILES string of the molecule is CCNC(=NCc1ccc(C(N)=O)cc1)NCCCc1ccc(Cl)cc1Cl. The molecule has 2 aromatic carbocycles. The second-order valence-corrected chi connectivity index (χ2v) is 6.87. The molecule has 0 radical (unpaired) electrons. The minimum Gasteiger partial charge on any atom is -0.366 e. The van der Waals surface area contributed by atoms with Gasteiger partial charge in [0.25, 0.3) is 0 Å². The highest BCUT2D eigenvalue weighted by Crippen LogP contribution is 2.21. The van der Waals surface area contributed by atoms with Crippen LogP contribution in [0.25, 0.3) is 0 Å². The van der Waals surface area contributed by atoms with Crippen molar-refractivity contribution < 1.29 is 4.79 Å². The number of hydrogen-bond donors (Lipinski definition) is 3. The van der Waals surface area contributed by atoms with E-state index in [2.05, 4.69) is 15.6 Å². The molecule has 5 nitrogen and oxygen atoms in total. The molecule has 0 spiro atoms. The highest BCUT2D eigenvalue weighted by atomic mass is 35.5. The summed E-state index contributed by atoms with van der Waals surface area (Å²) in [6, 6.07) is 12.7.